The van der Waals surface area contributed by atoms with E-state index in [2.05, 4.69) is 5.32 Å². The minimum atomic E-state index is -1.55. The normalized spacial score (nSPS) is 15.3. The highest BCUT2D eigenvalue weighted by Gasteiger charge is 2.26. The summed E-state index contributed by atoms with van der Waals surface area (Å²) < 4.78 is 39.6. The first kappa shape index (κ1) is 18.8. The molecule has 2 rings (SSSR count). The van der Waals surface area contributed by atoms with E-state index in [1.165, 1.54) is 0 Å². The van der Waals surface area contributed by atoms with Crippen LogP contribution in [0, 0.1) is 17.5 Å². The molecule has 124 valence electrons. The van der Waals surface area contributed by atoms with Crippen LogP contribution in [0.25, 0.3) is 0 Å². The van der Waals surface area contributed by atoms with E-state index >= 15 is 0 Å². The summed E-state index contributed by atoms with van der Waals surface area (Å²) in [6, 6.07) is 1.59. The molecule has 1 aliphatic rings. The molecular formula is C15H20ClF3N2O. The number of halogens is 4. The average molecular weight is 337 g/mol. The van der Waals surface area contributed by atoms with E-state index in [4.69, 9.17) is 0 Å². The summed E-state index contributed by atoms with van der Waals surface area (Å²) in [6.45, 7) is 4.08. The zero-order valence-electron chi connectivity index (χ0n) is 12.4. The number of rotatable bonds is 4. The maximum Gasteiger partial charge on any atom is 0.254 e. The Balaban J connectivity index is 0.00000242. The molecule has 0 atom stereocenters. The maximum absolute atomic E-state index is 13.3. The molecule has 1 fully saturated rings. The second-order valence-corrected chi connectivity index (χ2v) is 5.23. The van der Waals surface area contributed by atoms with Gasteiger partial charge in [0.05, 0.1) is 0 Å². The quantitative estimate of drug-likeness (QED) is 0.857. The number of carbonyl (C=O) groups is 1. The minimum absolute atomic E-state index is 0. The number of benzene rings is 1. The van der Waals surface area contributed by atoms with E-state index in [9.17, 15) is 18.0 Å². The van der Waals surface area contributed by atoms with Crippen molar-refractivity contribution in [3.63, 3.8) is 0 Å². The molecule has 1 aliphatic heterocycles. The first-order valence-corrected chi connectivity index (χ1v) is 7.20. The van der Waals surface area contributed by atoms with E-state index in [0.29, 0.717) is 6.54 Å². The van der Waals surface area contributed by atoms with Crippen LogP contribution in [0.5, 0.6) is 0 Å². The fourth-order valence-corrected chi connectivity index (χ4v) is 2.65. The molecule has 0 aromatic heterocycles. The van der Waals surface area contributed by atoms with Crippen molar-refractivity contribution in [2.75, 3.05) is 19.6 Å². The van der Waals surface area contributed by atoms with Gasteiger partial charge in [-0.3, -0.25) is 4.79 Å². The zero-order valence-corrected chi connectivity index (χ0v) is 13.2. The SMILES string of the molecule is CCCN(C(=O)c1cc(F)c(F)c(F)c1)C1CCNCC1.Cl. The Hall–Kier alpha value is -1.27. The molecule has 0 saturated carbocycles. The number of amides is 1. The highest BCUT2D eigenvalue weighted by atomic mass is 35.5. The Labute approximate surface area is 134 Å². The first-order valence-electron chi connectivity index (χ1n) is 7.20. The molecule has 1 heterocycles. The van der Waals surface area contributed by atoms with E-state index in [1.54, 1.807) is 4.90 Å². The molecule has 3 nitrogen and oxygen atoms in total. The predicted octanol–water partition coefficient (Wildman–Crippen LogP) is 3.13. The number of hydrogen-bond acceptors (Lipinski definition) is 2. The van der Waals surface area contributed by atoms with Crippen molar-refractivity contribution in [1.82, 2.24) is 10.2 Å². The summed E-state index contributed by atoms with van der Waals surface area (Å²) >= 11 is 0. The number of hydrogen-bond donors (Lipinski definition) is 1. The van der Waals surface area contributed by atoms with Crippen LogP contribution >= 0.6 is 12.4 Å². The lowest BCUT2D eigenvalue weighted by molar-refractivity contribution is 0.0641. The van der Waals surface area contributed by atoms with Gasteiger partial charge in [0.1, 0.15) is 0 Å². The zero-order chi connectivity index (χ0) is 15.4. The number of nitrogens with one attached hydrogen (secondary N) is 1. The molecule has 1 aromatic rings. The molecule has 1 N–H and O–H groups in total. The molecule has 0 radical (unpaired) electrons. The van der Waals surface area contributed by atoms with Crippen molar-refractivity contribution in [2.45, 2.75) is 32.2 Å². The van der Waals surface area contributed by atoms with Gasteiger partial charge >= 0.3 is 0 Å². The second kappa shape index (κ2) is 8.39. The molecule has 0 aliphatic carbocycles. The van der Waals surface area contributed by atoms with Crippen LogP contribution in [0.1, 0.15) is 36.5 Å². The fraction of sp³-hybridized carbons (Fsp3) is 0.533. The Morgan fingerprint density at radius 1 is 1.23 bits per heavy atom. The van der Waals surface area contributed by atoms with E-state index in [-0.39, 0.29) is 24.0 Å². The van der Waals surface area contributed by atoms with Gasteiger partial charge in [-0.25, -0.2) is 13.2 Å². The molecule has 0 bridgehead atoms. The number of nitrogens with zero attached hydrogens (tertiary/aromatic N) is 1. The molecule has 7 heteroatoms. The Bertz CT molecular complexity index is 499. The Morgan fingerprint density at radius 3 is 2.27 bits per heavy atom. The molecular weight excluding hydrogens is 317 g/mol. The van der Waals surface area contributed by atoms with Gasteiger partial charge in [-0.05, 0) is 44.5 Å². The van der Waals surface area contributed by atoms with Gasteiger partial charge < -0.3 is 10.2 Å². The maximum atomic E-state index is 13.3. The topological polar surface area (TPSA) is 32.3 Å². The number of carbonyl (C=O) groups excluding carboxylic acids is 1. The third-order valence-electron chi connectivity index (χ3n) is 3.71. The predicted molar refractivity (Wildman–Crippen MR) is 80.8 cm³/mol. The lowest BCUT2D eigenvalue weighted by atomic mass is 10.0. The van der Waals surface area contributed by atoms with Gasteiger partial charge in [-0.1, -0.05) is 6.92 Å². The Kier molecular flexibility index (Phi) is 7.16. The van der Waals surface area contributed by atoms with Crippen molar-refractivity contribution >= 4 is 18.3 Å². The van der Waals surface area contributed by atoms with Gasteiger partial charge in [0.25, 0.3) is 5.91 Å². The van der Waals surface area contributed by atoms with Crippen LogP contribution in [0.3, 0.4) is 0 Å². The highest BCUT2D eigenvalue weighted by molar-refractivity contribution is 5.94. The minimum Gasteiger partial charge on any atom is -0.336 e. The van der Waals surface area contributed by atoms with Crippen LogP contribution in [-0.4, -0.2) is 36.5 Å². The molecule has 1 saturated heterocycles. The van der Waals surface area contributed by atoms with E-state index in [0.717, 1.165) is 44.5 Å². The highest BCUT2D eigenvalue weighted by Crippen LogP contribution is 2.19. The Morgan fingerprint density at radius 2 is 1.77 bits per heavy atom. The molecule has 1 amide bonds. The van der Waals surface area contributed by atoms with Crippen LogP contribution < -0.4 is 5.32 Å². The monoisotopic (exact) mass is 336 g/mol. The lowest BCUT2D eigenvalue weighted by Gasteiger charge is -2.34. The summed E-state index contributed by atoms with van der Waals surface area (Å²) in [6.07, 6.45) is 2.36. The summed E-state index contributed by atoms with van der Waals surface area (Å²) in [5, 5.41) is 3.21. The van der Waals surface area contributed by atoms with Gasteiger partial charge in [-0.15, -0.1) is 12.4 Å². The van der Waals surface area contributed by atoms with Gasteiger partial charge in [0, 0.05) is 18.2 Å². The van der Waals surface area contributed by atoms with Crippen LogP contribution in [0.4, 0.5) is 13.2 Å². The fourth-order valence-electron chi connectivity index (χ4n) is 2.65. The van der Waals surface area contributed by atoms with E-state index in [1.807, 2.05) is 6.92 Å². The third-order valence-corrected chi connectivity index (χ3v) is 3.71. The van der Waals surface area contributed by atoms with Gasteiger partial charge in [0.15, 0.2) is 17.5 Å². The molecule has 1 aromatic carbocycles. The standard InChI is InChI=1S/C15H19F3N2O.ClH/c1-2-7-20(11-3-5-19-6-4-11)15(21)10-8-12(16)14(18)13(17)9-10;/h8-9,11,19H,2-7H2,1H3;1H. The third kappa shape index (κ3) is 4.14. The summed E-state index contributed by atoms with van der Waals surface area (Å²) in [7, 11) is 0. The summed E-state index contributed by atoms with van der Waals surface area (Å²) in [5.74, 6) is -4.66. The molecule has 0 unspecified atom stereocenters. The molecule has 0 spiro atoms. The van der Waals surface area contributed by atoms with Gasteiger partial charge in [-0.2, -0.15) is 0 Å². The number of piperidine rings is 1. The molecule has 22 heavy (non-hydrogen) atoms. The first-order chi connectivity index (χ1) is 10.0. The van der Waals surface area contributed by atoms with Gasteiger partial charge in [0.2, 0.25) is 0 Å². The van der Waals surface area contributed by atoms with Crippen molar-refractivity contribution < 1.29 is 18.0 Å². The van der Waals surface area contributed by atoms with Crippen molar-refractivity contribution in [3.05, 3.63) is 35.1 Å². The van der Waals surface area contributed by atoms with Crippen LogP contribution in [0.15, 0.2) is 12.1 Å². The van der Waals surface area contributed by atoms with Crippen molar-refractivity contribution in [2.24, 2.45) is 0 Å². The van der Waals surface area contributed by atoms with Crippen LogP contribution in [0.2, 0.25) is 0 Å². The van der Waals surface area contributed by atoms with E-state index < -0.39 is 23.4 Å². The average Bonchev–Trinajstić information content (AvgIpc) is 2.50. The summed E-state index contributed by atoms with van der Waals surface area (Å²) in [5.41, 5.74) is -0.140. The largest absolute Gasteiger partial charge is 0.336 e. The smallest absolute Gasteiger partial charge is 0.254 e. The van der Waals surface area contributed by atoms with Crippen molar-refractivity contribution in [1.29, 1.82) is 0 Å². The van der Waals surface area contributed by atoms with Crippen LogP contribution in [-0.2, 0) is 0 Å². The second-order valence-electron chi connectivity index (χ2n) is 5.23. The lowest BCUT2D eigenvalue weighted by Crippen LogP contribution is -2.46. The summed E-state index contributed by atoms with van der Waals surface area (Å²) in [4.78, 5) is 14.1. The van der Waals surface area contributed by atoms with Crippen molar-refractivity contribution in [3.8, 4) is 0 Å².